The van der Waals surface area contributed by atoms with Gasteiger partial charge in [-0.15, -0.1) is 0 Å². The predicted octanol–water partition coefficient (Wildman–Crippen LogP) is 2.44. The van der Waals surface area contributed by atoms with E-state index in [4.69, 9.17) is 5.11 Å². The number of benzene rings is 1. The van der Waals surface area contributed by atoms with E-state index < -0.39 is 11.8 Å². The van der Waals surface area contributed by atoms with Crippen molar-refractivity contribution in [3.05, 3.63) is 41.2 Å². The monoisotopic (exact) mass is 277 g/mol. The van der Waals surface area contributed by atoms with E-state index in [9.17, 15) is 14.0 Å². The number of hydrogen-bond acceptors (Lipinski definition) is 2. The molecular formula is C15H16FNO3. The normalized spacial score (nSPS) is 15.8. The largest absolute Gasteiger partial charge is 0.478 e. The molecule has 1 aromatic rings. The molecule has 0 spiro atoms. The lowest BCUT2D eigenvalue weighted by Crippen LogP contribution is -2.34. The average Bonchev–Trinajstić information content (AvgIpc) is 2.41. The number of carboxylic acid groups (broad SMARTS) is 1. The van der Waals surface area contributed by atoms with Gasteiger partial charge in [0.1, 0.15) is 5.82 Å². The van der Waals surface area contributed by atoms with Crippen LogP contribution in [0.25, 0.3) is 6.08 Å². The second kappa shape index (κ2) is 6.32. The van der Waals surface area contributed by atoms with Gasteiger partial charge in [-0.2, -0.15) is 0 Å². The summed E-state index contributed by atoms with van der Waals surface area (Å²) >= 11 is 0. The number of carboxylic acids is 1. The van der Waals surface area contributed by atoms with Crippen LogP contribution in [0.15, 0.2) is 24.3 Å². The first-order valence-corrected chi connectivity index (χ1v) is 6.53. The van der Waals surface area contributed by atoms with E-state index >= 15 is 0 Å². The summed E-state index contributed by atoms with van der Waals surface area (Å²) in [6.45, 7) is 0.937. The average molecular weight is 277 g/mol. The standard InChI is InChI=1S/C15H16FNO3/c16-13-9-11(5-7-15(19)20)4-6-12(13)10-17-8-2-1-3-14(17)18/h4-7,9H,1-3,8,10H2,(H,19,20). The molecule has 1 aliphatic heterocycles. The minimum atomic E-state index is -1.08. The number of nitrogens with zero attached hydrogens (tertiary/aromatic N) is 1. The van der Waals surface area contributed by atoms with Gasteiger partial charge >= 0.3 is 5.97 Å². The van der Waals surface area contributed by atoms with Gasteiger partial charge in [-0.1, -0.05) is 12.1 Å². The number of carbonyl (C=O) groups excluding carboxylic acids is 1. The molecule has 1 N–H and O–H groups in total. The zero-order valence-electron chi connectivity index (χ0n) is 11.0. The Hall–Kier alpha value is -2.17. The molecule has 0 aliphatic carbocycles. The molecule has 20 heavy (non-hydrogen) atoms. The molecule has 1 amide bonds. The lowest BCUT2D eigenvalue weighted by molar-refractivity contribution is -0.134. The SMILES string of the molecule is O=C(O)C=Cc1ccc(CN2CCCCC2=O)c(F)c1. The highest BCUT2D eigenvalue weighted by Gasteiger charge is 2.19. The summed E-state index contributed by atoms with van der Waals surface area (Å²) in [7, 11) is 0. The summed E-state index contributed by atoms with van der Waals surface area (Å²) < 4.78 is 13.9. The van der Waals surface area contributed by atoms with Crippen molar-refractivity contribution in [3.63, 3.8) is 0 Å². The van der Waals surface area contributed by atoms with Crippen LogP contribution in [0.4, 0.5) is 4.39 Å². The number of carbonyl (C=O) groups is 2. The van der Waals surface area contributed by atoms with Crippen molar-refractivity contribution in [2.75, 3.05) is 6.54 Å². The summed E-state index contributed by atoms with van der Waals surface area (Å²) in [4.78, 5) is 23.7. The molecule has 0 radical (unpaired) electrons. The molecule has 1 aliphatic rings. The van der Waals surface area contributed by atoms with Crippen molar-refractivity contribution < 1.29 is 19.1 Å². The van der Waals surface area contributed by atoms with Crippen LogP contribution in [-0.4, -0.2) is 28.4 Å². The van der Waals surface area contributed by atoms with Crippen LogP contribution in [-0.2, 0) is 16.1 Å². The van der Waals surface area contributed by atoms with Gasteiger partial charge in [0.2, 0.25) is 5.91 Å². The van der Waals surface area contributed by atoms with Crippen LogP contribution >= 0.6 is 0 Å². The Bertz CT molecular complexity index is 554. The molecule has 0 unspecified atom stereocenters. The molecule has 4 nitrogen and oxygen atoms in total. The highest BCUT2D eigenvalue weighted by molar-refractivity contribution is 5.85. The van der Waals surface area contributed by atoms with E-state index in [1.165, 1.54) is 12.1 Å². The topological polar surface area (TPSA) is 57.6 Å². The summed E-state index contributed by atoms with van der Waals surface area (Å²) in [6.07, 6.45) is 4.68. The van der Waals surface area contributed by atoms with Crippen molar-refractivity contribution in [3.8, 4) is 0 Å². The van der Waals surface area contributed by atoms with E-state index in [0.717, 1.165) is 18.9 Å². The second-order valence-electron chi connectivity index (χ2n) is 4.79. The minimum Gasteiger partial charge on any atom is -0.478 e. The van der Waals surface area contributed by atoms with Crippen LogP contribution in [0, 0.1) is 5.82 Å². The van der Waals surface area contributed by atoms with Gasteiger partial charge < -0.3 is 10.0 Å². The number of aliphatic carboxylic acids is 1. The van der Waals surface area contributed by atoms with Gasteiger partial charge in [0, 0.05) is 31.1 Å². The molecule has 1 aromatic carbocycles. The summed E-state index contributed by atoms with van der Waals surface area (Å²) in [6, 6.07) is 4.52. The molecule has 0 atom stereocenters. The molecule has 2 rings (SSSR count). The zero-order valence-corrected chi connectivity index (χ0v) is 11.0. The van der Waals surface area contributed by atoms with Crippen LogP contribution in [0.3, 0.4) is 0 Å². The molecule has 0 saturated carbocycles. The maximum Gasteiger partial charge on any atom is 0.328 e. The van der Waals surface area contributed by atoms with Gasteiger partial charge in [-0.05, 0) is 30.5 Å². The maximum atomic E-state index is 13.9. The van der Waals surface area contributed by atoms with Gasteiger partial charge in [0.25, 0.3) is 0 Å². The minimum absolute atomic E-state index is 0.0606. The number of likely N-dealkylation sites (tertiary alicyclic amines) is 1. The van der Waals surface area contributed by atoms with Gasteiger partial charge in [-0.25, -0.2) is 9.18 Å². The van der Waals surface area contributed by atoms with Crippen molar-refractivity contribution in [1.82, 2.24) is 4.90 Å². The Balaban J connectivity index is 2.09. The Morgan fingerprint density at radius 2 is 2.20 bits per heavy atom. The van der Waals surface area contributed by atoms with E-state index in [-0.39, 0.29) is 12.5 Å². The fourth-order valence-corrected chi connectivity index (χ4v) is 2.20. The lowest BCUT2D eigenvalue weighted by atomic mass is 10.1. The van der Waals surface area contributed by atoms with Crippen molar-refractivity contribution in [1.29, 1.82) is 0 Å². The van der Waals surface area contributed by atoms with Crippen molar-refractivity contribution in [2.45, 2.75) is 25.8 Å². The maximum absolute atomic E-state index is 13.9. The third-order valence-electron chi connectivity index (χ3n) is 3.28. The van der Waals surface area contributed by atoms with Crippen LogP contribution in [0.5, 0.6) is 0 Å². The number of amides is 1. The Kier molecular flexibility index (Phi) is 4.50. The lowest BCUT2D eigenvalue weighted by Gasteiger charge is -2.26. The third-order valence-corrected chi connectivity index (χ3v) is 3.28. The first kappa shape index (κ1) is 14.2. The summed E-state index contributed by atoms with van der Waals surface area (Å²) in [5.74, 6) is -1.44. The molecule has 1 heterocycles. The fraction of sp³-hybridized carbons (Fsp3) is 0.333. The zero-order chi connectivity index (χ0) is 14.5. The molecule has 1 fully saturated rings. The van der Waals surface area contributed by atoms with Crippen LogP contribution in [0.2, 0.25) is 0 Å². The highest BCUT2D eigenvalue weighted by atomic mass is 19.1. The number of piperidine rings is 1. The number of halogens is 1. The van der Waals surface area contributed by atoms with E-state index in [1.807, 2.05) is 0 Å². The molecule has 0 aromatic heterocycles. The highest BCUT2D eigenvalue weighted by Crippen LogP contribution is 2.18. The van der Waals surface area contributed by atoms with Crippen molar-refractivity contribution in [2.24, 2.45) is 0 Å². The van der Waals surface area contributed by atoms with E-state index in [2.05, 4.69) is 0 Å². The molecule has 0 bridgehead atoms. The molecule has 1 saturated heterocycles. The molecule has 106 valence electrons. The first-order chi connectivity index (χ1) is 9.56. The van der Waals surface area contributed by atoms with E-state index in [0.29, 0.717) is 24.1 Å². The Morgan fingerprint density at radius 1 is 1.40 bits per heavy atom. The quantitative estimate of drug-likeness (QED) is 0.860. The summed E-state index contributed by atoms with van der Waals surface area (Å²) in [5, 5.41) is 8.52. The predicted molar refractivity (Wildman–Crippen MR) is 72.3 cm³/mol. The van der Waals surface area contributed by atoms with Gasteiger partial charge in [0.05, 0.1) is 0 Å². The van der Waals surface area contributed by atoms with E-state index in [1.54, 1.807) is 17.0 Å². The molecule has 5 heteroatoms. The fourth-order valence-electron chi connectivity index (χ4n) is 2.20. The van der Waals surface area contributed by atoms with Crippen molar-refractivity contribution >= 4 is 18.0 Å². The summed E-state index contributed by atoms with van der Waals surface area (Å²) in [5.41, 5.74) is 0.936. The third kappa shape index (κ3) is 3.66. The Labute approximate surface area is 116 Å². The van der Waals surface area contributed by atoms with Crippen LogP contribution in [0.1, 0.15) is 30.4 Å². The second-order valence-corrected chi connectivity index (χ2v) is 4.79. The smallest absolute Gasteiger partial charge is 0.328 e. The van der Waals surface area contributed by atoms with Crippen LogP contribution < -0.4 is 0 Å². The number of rotatable bonds is 4. The first-order valence-electron chi connectivity index (χ1n) is 6.53. The Morgan fingerprint density at radius 3 is 2.85 bits per heavy atom. The van der Waals surface area contributed by atoms with Gasteiger partial charge in [0.15, 0.2) is 0 Å². The number of hydrogen-bond donors (Lipinski definition) is 1. The van der Waals surface area contributed by atoms with Gasteiger partial charge in [-0.3, -0.25) is 4.79 Å². The molecular weight excluding hydrogens is 261 g/mol.